The second-order valence-electron chi connectivity index (χ2n) is 9.14. The van der Waals surface area contributed by atoms with E-state index in [1.807, 2.05) is 30.3 Å². The molecule has 12 heteroatoms. The molecular weight excluding hydrogens is 480 g/mol. The highest BCUT2D eigenvalue weighted by Crippen LogP contribution is 2.20. The monoisotopic (exact) mass is 516 g/mol. The number of carboxylic acids is 1. The van der Waals surface area contributed by atoms with Crippen LogP contribution < -0.4 is 22.1 Å². The third-order valence-corrected chi connectivity index (χ3v) is 6.12. The van der Waals surface area contributed by atoms with Gasteiger partial charge in [0.1, 0.15) is 18.4 Å². The summed E-state index contributed by atoms with van der Waals surface area (Å²) in [5, 5.41) is 14.6. The second-order valence-corrected chi connectivity index (χ2v) is 9.14. The fourth-order valence-corrected chi connectivity index (χ4v) is 4.22. The number of likely N-dealkylation sites (tertiary alicyclic amines) is 1. The number of nitrogens with zero attached hydrogens (tertiary/aromatic N) is 2. The molecule has 4 atom stereocenters. The molecule has 1 aromatic rings. The maximum Gasteiger partial charge on any atom is 0.305 e. The van der Waals surface area contributed by atoms with Crippen LogP contribution >= 0.6 is 0 Å². The van der Waals surface area contributed by atoms with Crippen LogP contribution in [-0.4, -0.2) is 77.2 Å². The van der Waals surface area contributed by atoms with Gasteiger partial charge in [-0.05, 0) is 37.7 Å². The molecule has 7 N–H and O–H groups in total. The van der Waals surface area contributed by atoms with Crippen molar-refractivity contribution in [2.45, 2.75) is 63.6 Å². The van der Waals surface area contributed by atoms with E-state index in [0.717, 1.165) is 5.56 Å². The van der Waals surface area contributed by atoms with Crippen molar-refractivity contribution < 1.29 is 29.1 Å². The lowest BCUT2D eigenvalue weighted by Crippen LogP contribution is -2.55. The van der Waals surface area contributed by atoms with E-state index in [1.165, 1.54) is 4.90 Å². The molecule has 0 saturated carbocycles. The largest absolute Gasteiger partial charge is 0.481 e. The van der Waals surface area contributed by atoms with Crippen LogP contribution in [0.4, 0.5) is 0 Å². The zero-order valence-electron chi connectivity index (χ0n) is 21.0. The summed E-state index contributed by atoms with van der Waals surface area (Å²) in [5.74, 6) is -3.43. The highest BCUT2D eigenvalue weighted by molar-refractivity contribution is 5.95. The molecule has 0 radical (unpaired) electrons. The minimum absolute atomic E-state index is 0.0655. The summed E-state index contributed by atoms with van der Waals surface area (Å²) in [7, 11) is 0. The number of carbonyl (C=O) groups is 5. The maximum atomic E-state index is 13.3. The lowest BCUT2D eigenvalue weighted by molar-refractivity contribution is -0.146. The minimum Gasteiger partial charge on any atom is -0.481 e. The van der Waals surface area contributed by atoms with Crippen molar-refractivity contribution >= 4 is 35.9 Å². The predicted octanol–water partition coefficient (Wildman–Crippen LogP) is -0.447. The standard InChI is InChI=1S/C25H36N6O6/c1-16(13-17-7-3-2-4-8-17)22(35)30-19(14-21(33)34)24(37)31-12-6-10-20(31)23(36)29-18(15-32)9-5-11-28-25(26)27/h2-4,7-8,15-16,18-20H,5-6,9-14H2,1H3,(H,29,36)(H,30,35)(H,33,34)(H4,26,27,28)/t16?,18-,19-,20-/m0/s1. The number of hydrogen-bond acceptors (Lipinski definition) is 6. The highest BCUT2D eigenvalue weighted by Gasteiger charge is 2.39. The van der Waals surface area contributed by atoms with Gasteiger partial charge in [0, 0.05) is 19.0 Å². The van der Waals surface area contributed by atoms with Gasteiger partial charge in [0.05, 0.1) is 12.5 Å². The Morgan fingerprint density at radius 2 is 1.89 bits per heavy atom. The zero-order chi connectivity index (χ0) is 27.4. The van der Waals surface area contributed by atoms with Gasteiger partial charge in [-0.25, -0.2) is 0 Å². The molecule has 0 aliphatic carbocycles. The Morgan fingerprint density at radius 1 is 1.19 bits per heavy atom. The molecule has 202 valence electrons. The first-order chi connectivity index (χ1) is 17.6. The minimum atomic E-state index is -1.32. The Balaban J connectivity index is 2.03. The number of nitrogens with two attached hydrogens (primary N) is 2. The fraction of sp³-hybridized carbons (Fsp3) is 0.520. The Bertz CT molecular complexity index is 981. The zero-order valence-corrected chi connectivity index (χ0v) is 21.0. The van der Waals surface area contributed by atoms with Crippen molar-refractivity contribution in [2.24, 2.45) is 22.4 Å². The Morgan fingerprint density at radius 3 is 2.51 bits per heavy atom. The van der Waals surface area contributed by atoms with Crippen molar-refractivity contribution in [3.8, 4) is 0 Å². The lowest BCUT2D eigenvalue weighted by Gasteiger charge is -2.29. The Hall–Kier alpha value is -3.96. The summed E-state index contributed by atoms with van der Waals surface area (Å²) in [5.41, 5.74) is 11.5. The van der Waals surface area contributed by atoms with E-state index in [4.69, 9.17) is 11.5 Å². The molecule has 0 bridgehead atoms. The molecule has 2 rings (SSSR count). The summed E-state index contributed by atoms with van der Waals surface area (Å²) in [6.07, 6.45) is 2.07. The van der Waals surface area contributed by atoms with Crippen LogP contribution in [0.15, 0.2) is 35.3 Å². The lowest BCUT2D eigenvalue weighted by atomic mass is 9.99. The molecule has 37 heavy (non-hydrogen) atoms. The van der Waals surface area contributed by atoms with Gasteiger partial charge < -0.3 is 36.9 Å². The van der Waals surface area contributed by atoms with Gasteiger partial charge in [-0.2, -0.15) is 0 Å². The topological polar surface area (TPSA) is 197 Å². The average Bonchev–Trinajstić information content (AvgIpc) is 3.35. The molecule has 3 amide bonds. The van der Waals surface area contributed by atoms with E-state index in [-0.39, 0.29) is 12.5 Å². The van der Waals surface area contributed by atoms with Crippen LogP contribution in [0.5, 0.6) is 0 Å². The van der Waals surface area contributed by atoms with Gasteiger partial charge in [0.2, 0.25) is 17.7 Å². The molecule has 1 aliphatic rings. The third kappa shape index (κ3) is 9.54. The van der Waals surface area contributed by atoms with Gasteiger partial charge in [-0.15, -0.1) is 0 Å². The van der Waals surface area contributed by atoms with E-state index in [1.54, 1.807) is 6.92 Å². The predicted molar refractivity (Wildman–Crippen MR) is 136 cm³/mol. The van der Waals surface area contributed by atoms with Crippen molar-refractivity contribution in [3.05, 3.63) is 35.9 Å². The molecule has 1 aliphatic heterocycles. The van der Waals surface area contributed by atoms with Gasteiger partial charge in [-0.3, -0.25) is 24.2 Å². The number of rotatable bonds is 14. The van der Waals surface area contributed by atoms with Crippen LogP contribution in [0.3, 0.4) is 0 Å². The normalized spacial score (nSPS) is 17.2. The van der Waals surface area contributed by atoms with Crippen LogP contribution in [0.1, 0.15) is 44.6 Å². The number of nitrogens with one attached hydrogen (secondary N) is 2. The van der Waals surface area contributed by atoms with Gasteiger partial charge in [-0.1, -0.05) is 37.3 Å². The molecule has 1 fully saturated rings. The molecule has 1 unspecified atom stereocenters. The number of aldehydes is 1. The number of benzene rings is 1. The van der Waals surface area contributed by atoms with Gasteiger partial charge in [0.15, 0.2) is 5.96 Å². The van der Waals surface area contributed by atoms with Gasteiger partial charge >= 0.3 is 5.97 Å². The van der Waals surface area contributed by atoms with E-state index in [0.29, 0.717) is 44.9 Å². The molecule has 12 nitrogen and oxygen atoms in total. The van der Waals surface area contributed by atoms with Gasteiger partial charge in [0.25, 0.3) is 0 Å². The Kier molecular flexibility index (Phi) is 11.5. The molecule has 0 spiro atoms. The molecule has 1 aromatic carbocycles. The fourth-order valence-electron chi connectivity index (χ4n) is 4.22. The van der Waals surface area contributed by atoms with Crippen LogP contribution in [0.2, 0.25) is 0 Å². The quantitative estimate of drug-likeness (QED) is 0.0948. The summed E-state index contributed by atoms with van der Waals surface area (Å²) >= 11 is 0. The van der Waals surface area contributed by atoms with Crippen LogP contribution in [-0.2, 0) is 30.4 Å². The number of amides is 3. The number of carboxylic acid groups (broad SMARTS) is 1. The third-order valence-electron chi connectivity index (χ3n) is 6.12. The van der Waals surface area contributed by atoms with Crippen molar-refractivity contribution in [2.75, 3.05) is 13.1 Å². The number of aliphatic imine (C=N–C) groups is 1. The smallest absolute Gasteiger partial charge is 0.305 e. The number of guanidine groups is 1. The molecule has 1 saturated heterocycles. The summed E-state index contributed by atoms with van der Waals surface area (Å²) in [6, 6.07) is 6.36. The molecule has 0 aromatic heterocycles. The first kappa shape index (κ1) is 29.3. The van der Waals surface area contributed by atoms with Crippen molar-refractivity contribution in [1.29, 1.82) is 0 Å². The number of aliphatic carboxylic acids is 1. The summed E-state index contributed by atoms with van der Waals surface area (Å²) < 4.78 is 0. The van der Waals surface area contributed by atoms with E-state index in [9.17, 15) is 29.1 Å². The van der Waals surface area contributed by atoms with E-state index >= 15 is 0 Å². The SMILES string of the molecule is CC(Cc1ccccc1)C(=O)N[C@@H](CC(=O)O)C(=O)N1CCC[C@H]1C(=O)N[C@H](C=O)CCCN=C(N)N. The van der Waals surface area contributed by atoms with Crippen molar-refractivity contribution in [1.82, 2.24) is 15.5 Å². The van der Waals surface area contributed by atoms with Crippen molar-refractivity contribution in [3.63, 3.8) is 0 Å². The average molecular weight is 517 g/mol. The summed E-state index contributed by atoms with van der Waals surface area (Å²) in [6.45, 7) is 2.23. The van der Waals surface area contributed by atoms with E-state index in [2.05, 4.69) is 15.6 Å². The number of hydrogen-bond donors (Lipinski definition) is 5. The maximum absolute atomic E-state index is 13.3. The second kappa shape index (κ2) is 14.6. The first-order valence-corrected chi connectivity index (χ1v) is 12.3. The first-order valence-electron chi connectivity index (χ1n) is 12.3. The summed E-state index contributed by atoms with van der Waals surface area (Å²) in [4.78, 5) is 67.1. The van der Waals surface area contributed by atoms with Crippen LogP contribution in [0.25, 0.3) is 0 Å². The number of carbonyl (C=O) groups excluding carboxylic acids is 4. The Labute approximate surface area is 215 Å². The molecular formula is C25H36N6O6. The highest BCUT2D eigenvalue weighted by atomic mass is 16.4. The van der Waals surface area contributed by atoms with E-state index < -0.39 is 54.2 Å². The molecule has 1 heterocycles. The van der Waals surface area contributed by atoms with Crippen LogP contribution in [0, 0.1) is 5.92 Å².